The molecule has 0 spiro atoms. The lowest BCUT2D eigenvalue weighted by molar-refractivity contribution is 0.480. The molecule has 8 bridgehead atoms. The molecule has 0 radical (unpaired) electrons. The average molecular weight is 1260 g/mol. The number of rotatable bonds is 12. The number of hydrogen-bond acceptors (Lipinski definition) is 10. The number of halogens is 4. The van der Waals surface area contributed by atoms with Gasteiger partial charge in [-0.25, -0.2) is 47.5 Å². The second-order valence-electron chi connectivity index (χ2n) is 23.0. The van der Waals surface area contributed by atoms with Gasteiger partial charge in [-0.1, -0.05) is 72.8 Å². The zero-order valence-electron chi connectivity index (χ0n) is 50.2. The smallest absolute Gasteiger partial charge is 0.164 e. The molecule has 15 aromatic rings. The molecule has 16 heteroatoms. The number of benzene rings is 12. The number of H-pyrrole nitrogens is 2. The van der Waals surface area contributed by atoms with Crippen molar-refractivity contribution >= 4 is 44.1 Å². The third-order valence-corrected chi connectivity index (χ3v) is 16.8. The minimum atomic E-state index is -0.350. The third kappa shape index (κ3) is 11.2. The van der Waals surface area contributed by atoms with Gasteiger partial charge in [0.1, 0.15) is 91.9 Å². The standard InChI is InChI=1S/C80H46F4N8O4/c81-53-13-29-61(30-14-53)93-57-21-1-45(2-22-57)49-9-37-65-69(41-49)77-85-73(65)90-78-71-43-51(47-5-25-59(26-6-47)95-63-33-17-55(83)18-34-63)11-39-67(71)75(87-78)92-80-72-44-52(48-7-27-60(28-8-48)96-64-35-19-56(84)20-36-64)12-40-68(72)76(88-80)91-79-70-42-50(10-38-66(70)74(86-79)89-77)46-3-23-58(24-4-46)94-62-31-15-54(82)16-32-62/h1-44H,(H2,85,86,87,88,89,90,91,92). The van der Waals surface area contributed by atoms with Gasteiger partial charge >= 0.3 is 0 Å². The summed E-state index contributed by atoms with van der Waals surface area (Å²) < 4.78 is 79.3. The fraction of sp³-hybridized carbons (Fsp3) is 0. The topological polar surface area (TPSA) is 146 Å². The van der Waals surface area contributed by atoms with Crippen molar-refractivity contribution in [1.29, 1.82) is 0 Å². The van der Waals surface area contributed by atoms with E-state index in [2.05, 4.69) is 34.2 Å². The maximum absolute atomic E-state index is 13.8. The summed E-state index contributed by atoms with van der Waals surface area (Å²) in [6.45, 7) is 0. The van der Waals surface area contributed by atoms with E-state index in [1.54, 1.807) is 48.5 Å². The first-order valence-corrected chi connectivity index (χ1v) is 30.6. The summed E-state index contributed by atoms with van der Waals surface area (Å²) in [6, 6.07) is 78.7. The summed E-state index contributed by atoms with van der Waals surface area (Å²) in [5, 5.41) is 3.04. The number of nitrogens with one attached hydrogen (secondary N) is 2. The normalized spacial score (nSPS) is 11.5. The molecule has 0 saturated carbocycles. The molecule has 96 heavy (non-hydrogen) atoms. The van der Waals surface area contributed by atoms with Gasteiger partial charge < -0.3 is 28.9 Å². The van der Waals surface area contributed by atoms with E-state index in [9.17, 15) is 17.6 Å². The molecule has 17 rings (SSSR count). The van der Waals surface area contributed by atoms with Gasteiger partial charge in [-0.15, -0.1) is 0 Å². The Bertz CT molecular complexity index is 5360. The minimum absolute atomic E-state index is 0.350. The lowest BCUT2D eigenvalue weighted by atomic mass is 9.99. The van der Waals surface area contributed by atoms with Crippen LogP contribution in [0.1, 0.15) is 0 Å². The van der Waals surface area contributed by atoms with Gasteiger partial charge in [0.2, 0.25) is 0 Å². The van der Waals surface area contributed by atoms with Crippen LogP contribution in [0.5, 0.6) is 46.0 Å². The van der Waals surface area contributed by atoms with Gasteiger partial charge in [0.15, 0.2) is 23.3 Å². The maximum Gasteiger partial charge on any atom is 0.164 e. The Morgan fingerprint density at radius 1 is 0.198 bits per heavy atom. The number of aromatic amines is 2. The lowest BCUT2D eigenvalue weighted by Gasteiger charge is -2.08. The van der Waals surface area contributed by atoms with Crippen molar-refractivity contribution in [3.8, 4) is 136 Å². The van der Waals surface area contributed by atoms with E-state index < -0.39 is 0 Å². The summed E-state index contributed by atoms with van der Waals surface area (Å²) >= 11 is 0. The largest absolute Gasteiger partial charge is 0.457 e. The van der Waals surface area contributed by atoms with Crippen molar-refractivity contribution in [2.24, 2.45) is 0 Å². The Morgan fingerprint density at radius 3 is 0.698 bits per heavy atom. The van der Waals surface area contributed by atoms with Crippen LogP contribution < -0.4 is 18.9 Å². The average Bonchev–Trinajstić information content (AvgIpc) is 1.61. The van der Waals surface area contributed by atoms with Crippen LogP contribution in [0.4, 0.5) is 17.6 Å². The lowest BCUT2D eigenvalue weighted by Crippen LogP contribution is -1.87. The van der Waals surface area contributed by atoms with Gasteiger partial charge in [0.05, 0.1) is 0 Å². The van der Waals surface area contributed by atoms with E-state index in [1.165, 1.54) is 48.5 Å². The molecule has 12 nitrogen and oxygen atoms in total. The second-order valence-corrected chi connectivity index (χ2v) is 23.0. The number of hydrogen-bond donors (Lipinski definition) is 2. The number of nitrogens with zero attached hydrogens (tertiary/aromatic N) is 6. The fourth-order valence-corrected chi connectivity index (χ4v) is 11.9. The van der Waals surface area contributed by atoms with Crippen molar-refractivity contribution in [1.82, 2.24) is 39.9 Å². The van der Waals surface area contributed by atoms with Crippen LogP contribution in [0.2, 0.25) is 0 Å². The van der Waals surface area contributed by atoms with Gasteiger partial charge in [0, 0.05) is 43.8 Å². The summed E-state index contributed by atoms with van der Waals surface area (Å²) in [7, 11) is 0. The van der Waals surface area contributed by atoms with Crippen molar-refractivity contribution in [3.05, 3.63) is 290 Å². The van der Waals surface area contributed by atoms with E-state index in [-0.39, 0.29) is 23.3 Å². The molecule has 0 saturated heterocycles. The molecule has 2 N–H and O–H groups in total. The quantitative estimate of drug-likeness (QED) is 0.113. The fourth-order valence-electron chi connectivity index (χ4n) is 11.9. The van der Waals surface area contributed by atoms with E-state index in [0.717, 1.165) is 88.3 Å². The summed E-state index contributed by atoms with van der Waals surface area (Å²) in [5.41, 5.74) is 12.0. The number of fused-ring (bicyclic) bond motifs is 20. The van der Waals surface area contributed by atoms with Crippen LogP contribution in [-0.4, -0.2) is 39.9 Å². The molecule has 3 aromatic heterocycles. The van der Waals surface area contributed by atoms with Gasteiger partial charge in [0.25, 0.3) is 0 Å². The zero-order chi connectivity index (χ0) is 64.4. The van der Waals surface area contributed by atoms with E-state index in [4.69, 9.17) is 48.9 Å². The molecule has 2 aliphatic rings. The minimum Gasteiger partial charge on any atom is -0.457 e. The molecule has 0 amide bonds. The van der Waals surface area contributed by atoms with Crippen LogP contribution in [0, 0.1) is 23.3 Å². The molecule has 458 valence electrons. The van der Waals surface area contributed by atoms with Gasteiger partial charge in [-0.3, -0.25) is 0 Å². The molecular weight excluding hydrogens is 1210 g/mol. The number of aromatic nitrogens is 8. The second kappa shape index (κ2) is 23.6. The number of ether oxygens (including phenoxy) is 4. The summed E-state index contributed by atoms with van der Waals surface area (Å²) in [6.07, 6.45) is 0. The van der Waals surface area contributed by atoms with Crippen LogP contribution in [-0.2, 0) is 0 Å². The molecule has 12 aromatic carbocycles. The van der Waals surface area contributed by atoms with Crippen LogP contribution in [0.25, 0.3) is 134 Å². The van der Waals surface area contributed by atoms with Crippen LogP contribution in [0.3, 0.4) is 0 Å². The highest BCUT2D eigenvalue weighted by Gasteiger charge is 2.25. The summed E-state index contributed by atoms with van der Waals surface area (Å²) in [4.78, 5) is 39.4. The van der Waals surface area contributed by atoms with E-state index in [0.29, 0.717) is 91.9 Å². The van der Waals surface area contributed by atoms with Gasteiger partial charge in [-0.05, 0) is 239 Å². The van der Waals surface area contributed by atoms with Crippen LogP contribution >= 0.6 is 0 Å². The van der Waals surface area contributed by atoms with Crippen LogP contribution in [0.15, 0.2) is 267 Å². The first kappa shape index (κ1) is 56.9. The highest BCUT2D eigenvalue weighted by Crippen LogP contribution is 2.42. The molecule has 0 aliphatic carbocycles. The summed E-state index contributed by atoms with van der Waals surface area (Å²) in [5.74, 6) is 4.59. The predicted molar refractivity (Wildman–Crippen MR) is 364 cm³/mol. The maximum atomic E-state index is 13.8. The van der Waals surface area contributed by atoms with E-state index >= 15 is 0 Å². The van der Waals surface area contributed by atoms with Crippen molar-refractivity contribution in [3.63, 3.8) is 0 Å². The Balaban J connectivity index is 0.844. The van der Waals surface area contributed by atoms with E-state index in [1.807, 2.05) is 146 Å². The third-order valence-electron chi connectivity index (χ3n) is 16.8. The first-order valence-electron chi connectivity index (χ1n) is 30.6. The molecule has 2 aliphatic heterocycles. The molecule has 0 fully saturated rings. The molecule has 0 unspecified atom stereocenters. The van der Waals surface area contributed by atoms with Crippen molar-refractivity contribution in [2.75, 3.05) is 0 Å². The highest BCUT2D eigenvalue weighted by molar-refractivity contribution is 6.08. The van der Waals surface area contributed by atoms with Crippen molar-refractivity contribution in [2.45, 2.75) is 0 Å². The highest BCUT2D eigenvalue weighted by atomic mass is 19.1. The SMILES string of the molecule is Fc1ccc(Oc2ccc(-c3ccc4c(c3)-c3nc-4nc4[nH]c(nc5nc(nc6[nH]c(n3)c3ccc(-c7ccc(Oc8ccc(F)cc8)cc7)cc63)-c3ccc(-c6ccc(Oc7ccc(F)cc7)cc6)cc3-5)c3ccc(-c5ccc(Oc6ccc(F)cc6)cc5)cc43)cc2)cc1. The molecular formula is C80H46F4N8O4. The van der Waals surface area contributed by atoms with Gasteiger partial charge in [-0.2, -0.15) is 0 Å². The Kier molecular flexibility index (Phi) is 14.0. The molecule has 5 heterocycles. The first-order chi connectivity index (χ1) is 47.0. The monoisotopic (exact) mass is 1260 g/mol. The van der Waals surface area contributed by atoms with Crippen molar-refractivity contribution < 1.29 is 36.5 Å². The Labute approximate surface area is 544 Å². The Morgan fingerprint density at radius 2 is 0.417 bits per heavy atom. The zero-order valence-corrected chi connectivity index (χ0v) is 50.2. The molecule has 0 atom stereocenters. The Hall–Kier alpha value is -13.1. The predicted octanol–water partition coefficient (Wildman–Crippen LogP) is 21.3.